The lowest BCUT2D eigenvalue weighted by atomic mass is 10.1. The predicted molar refractivity (Wildman–Crippen MR) is 79.1 cm³/mol. The van der Waals surface area contributed by atoms with Crippen LogP contribution in [0.3, 0.4) is 0 Å². The van der Waals surface area contributed by atoms with E-state index in [1.165, 1.54) is 24.1 Å². The van der Waals surface area contributed by atoms with Crippen LogP contribution >= 0.6 is 23.2 Å². The Morgan fingerprint density at radius 1 is 1.35 bits per heavy atom. The second kappa shape index (κ2) is 7.36. The number of esters is 1. The van der Waals surface area contributed by atoms with Gasteiger partial charge in [-0.25, -0.2) is 0 Å². The SMILES string of the molecule is COC(=O)CCCN(C)C(=O)c1cc(N)c(Cl)c(Cl)c1. The minimum atomic E-state index is -0.301. The molecule has 0 unspecified atom stereocenters. The molecule has 0 aliphatic carbocycles. The van der Waals surface area contributed by atoms with Gasteiger partial charge in [0.05, 0.1) is 22.8 Å². The molecule has 7 heteroatoms. The van der Waals surface area contributed by atoms with Crippen molar-refractivity contribution < 1.29 is 14.3 Å². The van der Waals surface area contributed by atoms with Gasteiger partial charge in [-0.05, 0) is 18.6 Å². The summed E-state index contributed by atoms with van der Waals surface area (Å²) in [7, 11) is 2.97. The Balaban J connectivity index is 2.67. The molecule has 0 bridgehead atoms. The molecule has 1 aromatic rings. The van der Waals surface area contributed by atoms with E-state index in [0.29, 0.717) is 18.5 Å². The molecule has 0 heterocycles. The summed E-state index contributed by atoms with van der Waals surface area (Å²) in [5.74, 6) is -0.537. The van der Waals surface area contributed by atoms with E-state index in [9.17, 15) is 9.59 Å². The Hall–Kier alpha value is -1.46. The fourth-order valence-electron chi connectivity index (χ4n) is 1.62. The van der Waals surface area contributed by atoms with Crippen molar-refractivity contribution in [3.8, 4) is 0 Å². The van der Waals surface area contributed by atoms with E-state index >= 15 is 0 Å². The zero-order valence-corrected chi connectivity index (χ0v) is 12.8. The molecule has 0 saturated carbocycles. The largest absolute Gasteiger partial charge is 0.469 e. The van der Waals surface area contributed by atoms with Crippen molar-refractivity contribution in [2.75, 3.05) is 26.4 Å². The fourth-order valence-corrected chi connectivity index (χ4v) is 1.95. The Morgan fingerprint density at radius 2 is 2.00 bits per heavy atom. The van der Waals surface area contributed by atoms with Crippen LogP contribution in [0.15, 0.2) is 12.1 Å². The second-order valence-electron chi connectivity index (χ2n) is 4.27. The van der Waals surface area contributed by atoms with Gasteiger partial charge in [0.1, 0.15) is 0 Å². The first-order valence-electron chi connectivity index (χ1n) is 5.93. The number of anilines is 1. The number of benzene rings is 1. The van der Waals surface area contributed by atoms with Crippen molar-refractivity contribution in [1.29, 1.82) is 0 Å². The van der Waals surface area contributed by atoms with Crippen LogP contribution in [0.25, 0.3) is 0 Å². The average molecular weight is 319 g/mol. The lowest BCUT2D eigenvalue weighted by molar-refractivity contribution is -0.140. The number of amides is 1. The zero-order chi connectivity index (χ0) is 15.3. The summed E-state index contributed by atoms with van der Waals surface area (Å²) < 4.78 is 4.53. The van der Waals surface area contributed by atoms with Crippen LogP contribution in [0.1, 0.15) is 23.2 Å². The quantitative estimate of drug-likeness (QED) is 0.669. The van der Waals surface area contributed by atoms with Gasteiger partial charge in [-0.3, -0.25) is 9.59 Å². The number of hydrogen-bond donors (Lipinski definition) is 1. The molecule has 5 nitrogen and oxygen atoms in total. The van der Waals surface area contributed by atoms with Gasteiger partial charge in [-0.1, -0.05) is 23.2 Å². The van der Waals surface area contributed by atoms with Crippen LogP contribution in [-0.4, -0.2) is 37.5 Å². The highest BCUT2D eigenvalue weighted by atomic mass is 35.5. The monoisotopic (exact) mass is 318 g/mol. The zero-order valence-electron chi connectivity index (χ0n) is 11.3. The van der Waals surface area contributed by atoms with Crippen LogP contribution < -0.4 is 5.73 Å². The average Bonchev–Trinajstić information content (AvgIpc) is 2.42. The van der Waals surface area contributed by atoms with Crippen molar-refractivity contribution in [3.63, 3.8) is 0 Å². The van der Waals surface area contributed by atoms with Gasteiger partial charge in [-0.2, -0.15) is 0 Å². The van der Waals surface area contributed by atoms with Gasteiger partial charge in [0.15, 0.2) is 0 Å². The number of halogens is 2. The molecular weight excluding hydrogens is 303 g/mol. The Kier molecular flexibility index (Phi) is 6.10. The summed E-state index contributed by atoms with van der Waals surface area (Å²) in [6, 6.07) is 2.95. The van der Waals surface area contributed by atoms with Crippen molar-refractivity contribution in [3.05, 3.63) is 27.7 Å². The van der Waals surface area contributed by atoms with E-state index < -0.39 is 0 Å². The molecule has 1 amide bonds. The molecule has 0 aliphatic heterocycles. The van der Waals surface area contributed by atoms with Crippen LogP contribution in [-0.2, 0) is 9.53 Å². The molecule has 0 aliphatic rings. The first-order valence-corrected chi connectivity index (χ1v) is 6.69. The standard InChI is InChI=1S/C13H16Cl2N2O3/c1-17(5-3-4-11(18)20-2)13(19)8-6-9(14)12(15)10(16)7-8/h6-7H,3-5,16H2,1-2H3. The minimum Gasteiger partial charge on any atom is -0.469 e. The Morgan fingerprint density at radius 3 is 2.55 bits per heavy atom. The molecule has 0 spiro atoms. The maximum atomic E-state index is 12.2. The lowest BCUT2D eigenvalue weighted by Crippen LogP contribution is -2.28. The first-order chi connectivity index (χ1) is 9.36. The fraction of sp³-hybridized carbons (Fsp3) is 0.385. The van der Waals surface area contributed by atoms with E-state index in [1.807, 2.05) is 0 Å². The maximum absolute atomic E-state index is 12.2. The summed E-state index contributed by atoms with van der Waals surface area (Å²) >= 11 is 11.7. The van der Waals surface area contributed by atoms with Crippen LogP contribution in [0.5, 0.6) is 0 Å². The normalized spacial score (nSPS) is 10.2. The highest BCUT2D eigenvalue weighted by Gasteiger charge is 2.15. The highest BCUT2D eigenvalue weighted by molar-refractivity contribution is 6.43. The van der Waals surface area contributed by atoms with Gasteiger partial charge in [0.2, 0.25) is 0 Å². The number of ether oxygens (including phenoxy) is 1. The van der Waals surface area contributed by atoms with Gasteiger partial charge < -0.3 is 15.4 Å². The van der Waals surface area contributed by atoms with Crippen molar-refractivity contribution >= 4 is 40.8 Å². The minimum absolute atomic E-state index is 0.233. The van der Waals surface area contributed by atoms with Crippen molar-refractivity contribution in [2.45, 2.75) is 12.8 Å². The van der Waals surface area contributed by atoms with E-state index in [2.05, 4.69) is 4.74 Å². The van der Waals surface area contributed by atoms with Crippen LogP contribution in [0.2, 0.25) is 10.0 Å². The molecule has 0 atom stereocenters. The van der Waals surface area contributed by atoms with E-state index in [0.717, 1.165) is 0 Å². The molecule has 1 rings (SSSR count). The van der Waals surface area contributed by atoms with Gasteiger partial charge >= 0.3 is 5.97 Å². The van der Waals surface area contributed by atoms with E-state index in [1.54, 1.807) is 7.05 Å². The molecule has 1 aromatic carbocycles. The number of methoxy groups -OCH3 is 1. The van der Waals surface area contributed by atoms with E-state index in [-0.39, 0.29) is 34.0 Å². The molecule has 0 fully saturated rings. The number of nitrogens with zero attached hydrogens (tertiary/aromatic N) is 1. The highest BCUT2D eigenvalue weighted by Crippen LogP contribution is 2.29. The lowest BCUT2D eigenvalue weighted by Gasteiger charge is -2.17. The first kappa shape index (κ1) is 16.6. The number of nitrogen functional groups attached to an aromatic ring is 1. The number of rotatable bonds is 5. The summed E-state index contributed by atoms with van der Waals surface area (Å²) in [5, 5.41) is 0.467. The summed E-state index contributed by atoms with van der Waals surface area (Å²) in [6.07, 6.45) is 0.781. The van der Waals surface area contributed by atoms with Gasteiger partial charge in [0, 0.05) is 25.6 Å². The molecule has 0 aromatic heterocycles. The van der Waals surface area contributed by atoms with Gasteiger partial charge in [-0.15, -0.1) is 0 Å². The molecule has 0 radical (unpaired) electrons. The summed E-state index contributed by atoms with van der Waals surface area (Å²) in [5.41, 5.74) is 6.28. The summed E-state index contributed by atoms with van der Waals surface area (Å²) in [4.78, 5) is 24.6. The summed E-state index contributed by atoms with van der Waals surface area (Å²) in [6.45, 7) is 0.425. The third-order valence-corrected chi connectivity index (χ3v) is 3.57. The van der Waals surface area contributed by atoms with Crippen molar-refractivity contribution in [2.24, 2.45) is 0 Å². The third-order valence-electron chi connectivity index (χ3n) is 2.75. The molecule has 2 N–H and O–H groups in total. The third kappa shape index (κ3) is 4.28. The second-order valence-corrected chi connectivity index (χ2v) is 5.05. The number of nitrogens with two attached hydrogens (primary N) is 1. The topological polar surface area (TPSA) is 72.6 Å². The smallest absolute Gasteiger partial charge is 0.305 e. The van der Waals surface area contributed by atoms with Crippen LogP contribution in [0.4, 0.5) is 5.69 Å². The van der Waals surface area contributed by atoms with Crippen LogP contribution in [0, 0.1) is 0 Å². The van der Waals surface area contributed by atoms with Gasteiger partial charge in [0.25, 0.3) is 5.91 Å². The maximum Gasteiger partial charge on any atom is 0.305 e. The molecule has 0 saturated heterocycles. The number of carbonyl (C=O) groups is 2. The number of hydrogen-bond acceptors (Lipinski definition) is 4. The molecule has 20 heavy (non-hydrogen) atoms. The molecule has 110 valence electrons. The van der Waals surface area contributed by atoms with E-state index in [4.69, 9.17) is 28.9 Å². The molecular formula is C13H16Cl2N2O3. The number of carbonyl (C=O) groups excluding carboxylic acids is 2. The Labute approximate surface area is 127 Å². The Bertz CT molecular complexity index is 497. The predicted octanol–water partition coefficient (Wildman–Crippen LogP) is 2.60. The van der Waals surface area contributed by atoms with Crippen molar-refractivity contribution in [1.82, 2.24) is 4.90 Å².